The van der Waals surface area contributed by atoms with Crippen molar-refractivity contribution in [3.05, 3.63) is 58.5 Å². The fourth-order valence-corrected chi connectivity index (χ4v) is 5.46. The molecular weight excluding hydrogens is 474 g/mol. The summed E-state index contributed by atoms with van der Waals surface area (Å²) in [4.78, 5) is 8.51. The number of hydrogen-bond acceptors (Lipinski definition) is 6. The lowest BCUT2D eigenvalue weighted by molar-refractivity contribution is 0.162. The van der Waals surface area contributed by atoms with Crippen molar-refractivity contribution in [2.45, 2.75) is 50.4 Å². The van der Waals surface area contributed by atoms with Crippen LogP contribution in [0.5, 0.6) is 5.75 Å². The van der Waals surface area contributed by atoms with E-state index in [2.05, 4.69) is 29.5 Å². The van der Waals surface area contributed by atoms with Gasteiger partial charge in [-0.05, 0) is 49.4 Å². The molecule has 0 radical (unpaired) electrons. The third-order valence-corrected chi connectivity index (χ3v) is 7.54. The van der Waals surface area contributed by atoms with Crippen LogP contribution in [0, 0.1) is 5.82 Å². The van der Waals surface area contributed by atoms with E-state index in [1.165, 1.54) is 13.3 Å². The van der Waals surface area contributed by atoms with Crippen LogP contribution in [0.1, 0.15) is 48.8 Å². The number of fused-ring (bicyclic) bond motifs is 3. The maximum atomic E-state index is 14.6. The molecular formula is C25H27ClF2N6O. The first-order valence-corrected chi connectivity index (χ1v) is 12.4. The van der Waals surface area contributed by atoms with E-state index in [1.54, 1.807) is 6.07 Å². The summed E-state index contributed by atoms with van der Waals surface area (Å²) in [6.07, 6.45) is 4.17. The number of ether oxygens (including phenoxy) is 1. The Balaban J connectivity index is 1.27. The Labute approximate surface area is 207 Å². The van der Waals surface area contributed by atoms with Gasteiger partial charge in [-0.1, -0.05) is 11.6 Å². The average molecular weight is 501 g/mol. The van der Waals surface area contributed by atoms with Crippen LogP contribution in [0.4, 0.5) is 14.6 Å². The largest absolute Gasteiger partial charge is 0.493 e. The molecule has 2 fully saturated rings. The first-order chi connectivity index (χ1) is 16.9. The maximum absolute atomic E-state index is 14.6. The topological polar surface area (TPSA) is 59.3 Å². The summed E-state index contributed by atoms with van der Waals surface area (Å²) in [6.45, 7) is 3.09. The van der Waals surface area contributed by atoms with Crippen LogP contribution in [0.15, 0.2) is 30.5 Å². The molecule has 35 heavy (non-hydrogen) atoms. The van der Waals surface area contributed by atoms with E-state index in [-0.39, 0.29) is 11.7 Å². The van der Waals surface area contributed by atoms with Crippen molar-refractivity contribution in [3.63, 3.8) is 0 Å². The molecule has 0 amide bonds. The van der Waals surface area contributed by atoms with E-state index in [0.29, 0.717) is 43.3 Å². The summed E-state index contributed by atoms with van der Waals surface area (Å²) in [5.41, 5.74) is 0.991. The van der Waals surface area contributed by atoms with Crippen molar-refractivity contribution in [2.24, 2.45) is 0 Å². The number of anilines is 1. The van der Waals surface area contributed by atoms with Gasteiger partial charge in [-0.3, -0.25) is 9.47 Å². The minimum absolute atomic E-state index is 0.195. The summed E-state index contributed by atoms with van der Waals surface area (Å²) in [6, 6.07) is 7.52. The van der Waals surface area contributed by atoms with Crippen LogP contribution in [-0.2, 0) is 13.1 Å². The summed E-state index contributed by atoms with van der Waals surface area (Å²) in [5, 5.41) is 9.84. The first kappa shape index (κ1) is 22.7. The van der Waals surface area contributed by atoms with Gasteiger partial charge in [-0.2, -0.15) is 0 Å². The molecule has 0 N–H and O–H groups in total. The number of hydrogen-bond donors (Lipinski definition) is 0. The van der Waals surface area contributed by atoms with Gasteiger partial charge in [0.2, 0.25) is 0 Å². The number of alkyl halides is 1. The lowest BCUT2D eigenvalue weighted by Crippen LogP contribution is -2.34. The van der Waals surface area contributed by atoms with Crippen LogP contribution in [0.25, 0.3) is 5.69 Å². The first-order valence-electron chi connectivity index (χ1n) is 12.0. The third kappa shape index (κ3) is 4.36. The normalized spacial score (nSPS) is 19.7. The van der Waals surface area contributed by atoms with Crippen LogP contribution in [-0.4, -0.2) is 57.1 Å². The summed E-state index contributed by atoms with van der Waals surface area (Å²) >= 11 is 6.34. The zero-order valence-electron chi connectivity index (χ0n) is 19.6. The fourth-order valence-electron chi connectivity index (χ4n) is 5.27. The van der Waals surface area contributed by atoms with Crippen molar-refractivity contribution in [1.82, 2.24) is 24.6 Å². The van der Waals surface area contributed by atoms with Crippen molar-refractivity contribution in [1.29, 1.82) is 0 Å². The minimum Gasteiger partial charge on any atom is -0.493 e. The Morgan fingerprint density at radius 2 is 1.94 bits per heavy atom. The van der Waals surface area contributed by atoms with Gasteiger partial charge in [0.1, 0.15) is 17.3 Å². The van der Waals surface area contributed by atoms with E-state index in [1.807, 2.05) is 18.2 Å². The molecule has 2 aromatic heterocycles. The zero-order valence-corrected chi connectivity index (χ0v) is 20.3. The van der Waals surface area contributed by atoms with E-state index < -0.39 is 11.5 Å². The molecule has 1 aromatic carbocycles. The van der Waals surface area contributed by atoms with Gasteiger partial charge in [0.15, 0.2) is 17.4 Å². The quantitative estimate of drug-likeness (QED) is 0.507. The number of pyridine rings is 1. The second kappa shape index (κ2) is 8.71. The maximum Gasteiger partial charge on any atom is 0.183 e. The Bertz CT molecular complexity index is 1250. The Morgan fingerprint density at radius 3 is 2.69 bits per heavy atom. The van der Waals surface area contributed by atoms with Crippen LogP contribution < -0.4 is 9.64 Å². The average Bonchev–Trinajstić information content (AvgIpc) is 3.48. The van der Waals surface area contributed by atoms with Gasteiger partial charge in [-0.25, -0.2) is 13.8 Å². The highest BCUT2D eigenvalue weighted by molar-refractivity contribution is 6.30. The van der Waals surface area contributed by atoms with Crippen LogP contribution in [0.2, 0.25) is 5.02 Å². The zero-order chi connectivity index (χ0) is 24.2. The number of halogens is 3. The van der Waals surface area contributed by atoms with E-state index >= 15 is 0 Å². The fraction of sp³-hybridized carbons (Fsp3) is 0.480. The number of piperidine rings is 1. The second-order valence-corrected chi connectivity index (χ2v) is 10.3. The van der Waals surface area contributed by atoms with Crippen molar-refractivity contribution in [2.75, 3.05) is 31.6 Å². The second-order valence-electron chi connectivity index (χ2n) is 9.82. The SMILES string of the molecule is COc1cc(N2CCC(c3nnc4n3-c3ccc(Cl)cc3CN(CC3(F)CC3)C4)CC2)ncc1F. The number of benzene rings is 1. The molecule has 4 heterocycles. The predicted octanol–water partition coefficient (Wildman–Crippen LogP) is 4.67. The smallest absolute Gasteiger partial charge is 0.183 e. The Morgan fingerprint density at radius 1 is 1.14 bits per heavy atom. The predicted molar refractivity (Wildman–Crippen MR) is 128 cm³/mol. The molecule has 3 aliphatic rings. The van der Waals surface area contributed by atoms with Gasteiger partial charge in [0.25, 0.3) is 0 Å². The molecule has 7 nitrogen and oxygen atoms in total. The summed E-state index contributed by atoms with van der Waals surface area (Å²) < 4.78 is 35.7. The molecule has 0 atom stereocenters. The molecule has 0 unspecified atom stereocenters. The Hall–Kier alpha value is -2.78. The molecule has 2 aliphatic heterocycles. The highest BCUT2D eigenvalue weighted by atomic mass is 35.5. The number of nitrogens with zero attached hydrogens (tertiary/aromatic N) is 6. The van der Waals surface area contributed by atoms with Gasteiger partial charge in [0, 0.05) is 43.2 Å². The highest BCUT2D eigenvalue weighted by Crippen LogP contribution is 2.42. The number of aromatic nitrogens is 4. The van der Waals surface area contributed by atoms with Gasteiger partial charge in [0.05, 0.1) is 25.5 Å². The molecule has 10 heteroatoms. The number of methoxy groups -OCH3 is 1. The highest BCUT2D eigenvalue weighted by Gasteiger charge is 2.45. The molecule has 3 aromatic rings. The van der Waals surface area contributed by atoms with E-state index in [4.69, 9.17) is 16.3 Å². The monoisotopic (exact) mass is 500 g/mol. The number of rotatable bonds is 5. The molecule has 1 saturated heterocycles. The molecule has 0 bridgehead atoms. The van der Waals surface area contributed by atoms with E-state index in [0.717, 1.165) is 48.8 Å². The molecule has 1 saturated carbocycles. The van der Waals surface area contributed by atoms with Crippen molar-refractivity contribution < 1.29 is 13.5 Å². The van der Waals surface area contributed by atoms with Crippen molar-refractivity contribution in [3.8, 4) is 11.4 Å². The van der Waals surface area contributed by atoms with Crippen LogP contribution >= 0.6 is 11.6 Å². The summed E-state index contributed by atoms with van der Waals surface area (Å²) in [7, 11) is 1.45. The Kier molecular flexibility index (Phi) is 5.64. The molecule has 1 aliphatic carbocycles. The lowest BCUT2D eigenvalue weighted by Gasteiger charge is -2.32. The standard InChI is InChI=1S/C25H27ClF2N6O/c1-35-21-11-22(29-12-19(21)27)33-8-4-16(5-9-33)24-31-30-23-14-32(15-25(28)6-7-25)13-17-10-18(26)2-3-20(17)34(23)24/h2-3,10-12,16H,4-9,13-15H2,1H3. The third-order valence-electron chi connectivity index (χ3n) is 7.31. The van der Waals surface area contributed by atoms with E-state index in [9.17, 15) is 8.78 Å². The molecule has 6 rings (SSSR count). The minimum atomic E-state index is -1.08. The van der Waals surface area contributed by atoms with Gasteiger partial charge < -0.3 is 9.64 Å². The van der Waals surface area contributed by atoms with Crippen molar-refractivity contribution >= 4 is 17.4 Å². The lowest BCUT2D eigenvalue weighted by atomic mass is 9.95. The van der Waals surface area contributed by atoms with Gasteiger partial charge in [-0.15, -0.1) is 10.2 Å². The molecule has 184 valence electrons. The molecule has 0 spiro atoms. The van der Waals surface area contributed by atoms with Crippen LogP contribution in [0.3, 0.4) is 0 Å². The van der Waals surface area contributed by atoms with Gasteiger partial charge >= 0.3 is 0 Å². The summed E-state index contributed by atoms with van der Waals surface area (Å²) in [5.74, 6) is 2.40.